The van der Waals surface area contributed by atoms with E-state index in [0.717, 1.165) is 17.9 Å². The SMILES string of the molecule is Cl.Cn1ccnc1C1CNCCN1C(=O)c1ccc(-c2ccc(C(C)(C)C)cc2)o1. The second kappa shape index (κ2) is 8.66. The summed E-state index contributed by atoms with van der Waals surface area (Å²) < 4.78 is 7.93. The Hall–Kier alpha value is -2.57. The predicted octanol–water partition coefficient (Wildman–Crippen LogP) is 4.19. The van der Waals surface area contributed by atoms with E-state index in [1.807, 2.05) is 28.8 Å². The number of nitrogens with one attached hydrogen (secondary N) is 1. The van der Waals surface area contributed by atoms with E-state index in [-0.39, 0.29) is 29.8 Å². The highest BCUT2D eigenvalue weighted by Gasteiger charge is 2.32. The molecule has 4 rings (SSSR count). The van der Waals surface area contributed by atoms with Gasteiger partial charge in [0, 0.05) is 44.6 Å². The molecule has 1 fully saturated rings. The molecule has 3 aromatic rings. The number of halogens is 1. The zero-order chi connectivity index (χ0) is 20.6. The molecule has 6 nitrogen and oxygen atoms in total. The van der Waals surface area contributed by atoms with Gasteiger partial charge in [-0.1, -0.05) is 45.0 Å². The average molecular weight is 429 g/mol. The summed E-state index contributed by atoms with van der Waals surface area (Å²) >= 11 is 0. The number of hydrogen-bond donors (Lipinski definition) is 1. The summed E-state index contributed by atoms with van der Waals surface area (Å²) in [5, 5.41) is 3.36. The van der Waals surface area contributed by atoms with Crippen LogP contribution in [0.1, 0.15) is 48.8 Å². The van der Waals surface area contributed by atoms with Crippen molar-refractivity contribution in [2.24, 2.45) is 7.05 Å². The van der Waals surface area contributed by atoms with Crippen molar-refractivity contribution in [2.45, 2.75) is 32.2 Å². The first-order valence-corrected chi connectivity index (χ1v) is 10.0. The standard InChI is InChI=1S/C23H28N4O2.ClH/c1-23(2,3)17-7-5-16(6-8-17)19-9-10-20(29-19)22(28)27-14-11-24-15-18(27)21-25-12-13-26(21)4;/h5-10,12-13,18,24H,11,14-15H2,1-4H3;1H. The monoisotopic (exact) mass is 428 g/mol. The van der Waals surface area contributed by atoms with Crippen molar-refractivity contribution < 1.29 is 9.21 Å². The highest BCUT2D eigenvalue weighted by atomic mass is 35.5. The Morgan fingerprint density at radius 3 is 2.53 bits per heavy atom. The maximum absolute atomic E-state index is 13.2. The molecule has 0 bridgehead atoms. The smallest absolute Gasteiger partial charge is 0.290 e. The molecule has 1 aliphatic rings. The van der Waals surface area contributed by atoms with Crippen LogP contribution in [-0.2, 0) is 12.5 Å². The fourth-order valence-electron chi connectivity index (χ4n) is 3.76. The molecule has 1 amide bonds. The number of imidazole rings is 1. The Morgan fingerprint density at radius 2 is 1.90 bits per heavy atom. The third-order valence-electron chi connectivity index (χ3n) is 5.51. The van der Waals surface area contributed by atoms with Crippen LogP contribution in [0.5, 0.6) is 0 Å². The van der Waals surface area contributed by atoms with Gasteiger partial charge in [0.15, 0.2) is 5.76 Å². The second-order valence-electron chi connectivity index (χ2n) is 8.61. The fraction of sp³-hybridized carbons (Fsp3) is 0.391. The van der Waals surface area contributed by atoms with E-state index < -0.39 is 0 Å². The summed E-state index contributed by atoms with van der Waals surface area (Å²) in [5.41, 5.74) is 2.34. The molecule has 160 valence electrons. The molecule has 0 aliphatic carbocycles. The van der Waals surface area contributed by atoms with Crippen molar-refractivity contribution in [3.05, 3.63) is 65.9 Å². The minimum Gasteiger partial charge on any atom is -0.451 e. The van der Waals surface area contributed by atoms with Crippen LogP contribution in [0.2, 0.25) is 0 Å². The summed E-state index contributed by atoms with van der Waals surface area (Å²) in [5.74, 6) is 1.84. The molecule has 3 heterocycles. The first-order valence-electron chi connectivity index (χ1n) is 10.0. The lowest BCUT2D eigenvalue weighted by Gasteiger charge is -2.35. The first kappa shape index (κ1) is 22.1. The quantitative estimate of drug-likeness (QED) is 0.679. The molecule has 1 atom stereocenters. The minimum atomic E-state index is -0.115. The number of piperazine rings is 1. The van der Waals surface area contributed by atoms with Crippen LogP contribution in [0.25, 0.3) is 11.3 Å². The predicted molar refractivity (Wildman–Crippen MR) is 120 cm³/mol. The van der Waals surface area contributed by atoms with Crippen molar-refractivity contribution in [3.63, 3.8) is 0 Å². The van der Waals surface area contributed by atoms with Gasteiger partial charge in [0.05, 0.1) is 0 Å². The van der Waals surface area contributed by atoms with Crippen molar-refractivity contribution in [1.82, 2.24) is 19.8 Å². The second-order valence-corrected chi connectivity index (χ2v) is 8.61. The number of carbonyl (C=O) groups excluding carboxylic acids is 1. The van der Waals surface area contributed by atoms with E-state index >= 15 is 0 Å². The summed E-state index contributed by atoms with van der Waals surface area (Å²) in [6.07, 6.45) is 3.66. The molecule has 1 N–H and O–H groups in total. The summed E-state index contributed by atoms with van der Waals surface area (Å²) in [4.78, 5) is 19.5. The van der Waals surface area contributed by atoms with Crippen molar-refractivity contribution >= 4 is 18.3 Å². The number of nitrogens with zero attached hydrogens (tertiary/aromatic N) is 3. The molecule has 0 spiro atoms. The van der Waals surface area contributed by atoms with Crippen LogP contribution in [0.15, 0.2) is 53.2 Å². The zero-order valence-corrected chi connectivity index (χ0v) is 18.7. The lowest BCUT2D eigenvalue weighted by molar-refractivity contribution is 0.0589. The van der Waals surface area contributed by atoms with Gasteiger partial charge in [-0.25, -0.2) is 4.98 Å². The lowest BCUT2D eigenvalue weighted by atomic mass is 9.86. The van der Waals surface area contributed by atoms with Gasteiger partial charge in [0.2, 0.25) is 0 Å². The molecular weight excluding hydrogens is 400 g/mol. The molecule has 1 saturated heterocycles. The number of aromatic nitrogens is 2. The molecule has 30 heavy (non-hydrogen) atoms. The van der Waals surface area contributed by atoms with E-state index in [1.54, 1.807) is 12.3 Å². The molecule has 1 aliphatic heterocycles. The number of hydrogen-bond acceptors (Lipinski definition) is 4. The number of benzene rings is 1. The van der Waals surface area contributed by atoms with Gasteiger partial charge in [-0.15, -0.1) is 12.4 Å². The Bertz CT molecular complexity index is 1000. The highest BCUT2D eigenvalue weighted by Crippen LogP contribution is 2.29. The van der Waals surface area contributed by atoms with Gasteiger partial charge in [0.25, 0.3) is 5.91 Å². The van der Waals surface area contributed by atoms with E-state index in [4.69, 9.17) is 4.42 Å². The first-order chi connectivity index (χ1) is 13.8. The Balaban J connectivity index is 0.00000256. The topological polar surface area (TPSA) is 63.3 Å². The summed E-state index contributed by atoms with van der Waals surface area (Å²) in [6.45, 7) is 8.63. The molecule has 7 heteroatoms. The molecule has 0 radical (unpaired) electrons. The summed E-state index contributed by atoms with van der Waals surface area (Å²) in [7, 11) is 1.95. The number of furan rings is 1. The summed E-state index contributed by atoms with van der Waals surface area (Å²) in [6, 6.07) is 11.9. The van der Waals surface area contributed by atoms with Crippen LogP contribution in [0.3, 0.4) is 0 Å². The third kappa shape index (κ3) is 4.30. The van der Waals surface area contributed by atoms with E-state index in [0.29, 0.717) is 24.6 Å². The molecule has 1 unspecified atom stereocenters. The van der Waals surface area contributed by atoms with E-state index in [1.165, 1.54) is 5.56 Å². The van der Waals surface area contributed by atoms with E-state index in [2.05, 4.69) is 55.3 Å². The maximum atomic E-state index is 13.2. The van der Waals surface area contributed by atoms with Gasteiger partial charge in [-0.3, -0.25) is 4.79 Å². The van der Waals surface area contributed by atoms with Crippen molar-refractivity contribution in [2.75, 3.05) is 19.6 Å². The number of rotatable bonds is 3. The van der Waals surface area contributed by atoms with Crippen LogP contribution in [0, 0.1) is 0 Å². The van der Waals surface area contributed by atoms with Gasteiger partial charge < -0.3 is 19.2 Å². The average Bonchev–Trinajstić information content (AvgIpc) is 3.36. The molecule has 1 aromatic carbocycles. The number of aryl methyl sites for hydroxylation is 1. The largest absolute Gasteiger partial charge is 0.451 e. The van der Waals surface area contributed by atoms with Crippen LogP contribution < -0.4 is 5.32 Å². The number of carbonyl (C=O) groups is 1. The fourth-order valence-corrected chi connectivity index (χ4v) is 3.76. The highest BCUT2D eigenvalue weighted by molar-refractivity contribution is 5.92. The Labute approximate surface area is 183 Å². The lowest BCUT2D eigenvalue weighted by Crippen LogP contribution is -2.49. The third-order valence-corrected chi connectivity index (χ3v) is 5.51. The van der Waals surface area contributed by atoms with Crippen LogP contribution in [-0.4, -0.2) is 40.0 Å². The van der Waals surface area contributed by atoms with Crippen molar-refractivity contribution in [1.29, 1.82) is 0 Å². The molecule has 2 aromatic heterocycles. The molecular formula is C23H29ClN4O2. The van der Waals surface area contributed by atoms with Crippen LogP contribution >= 0.6 is 12.4 Å². The molecule has 0 saturated carbocycles. The van der Waals surface area contributed by atoms with Gasteiger partial charge in [0.1, 0.15) is 17.6 Å². The maximum Gasteiger partial charge on any atom is 0.290 e. The Morgan fingerprint density at radius 1 is 1.17 bits per heavy atom. The van der Waals surface area contributed by atoms with Crippen molar-refractivity contribution in [3.8, 4) is 11.3 Å². The minimum absolute atomic E-state index is 0. The van der Waals surface area contributed by atoms with E-state index in [9.17, 15) is 4.79 Å². The number of amides is 1. The van der Waals surface area contributed by atoms with Gasteiger partial charge in [-0.05, 0) is 23.1 Å². The van der Waals surface area contributed by atoms with Gasteiger partial charge >= 0.3 is 0 Å². The Kier molecular flexibility index (Phi) is 6.38. The van der Waals surface area contributed by atoms with Gasteiger partial charge in [-0.2, -0.15) is 0 Å². The normalized spacial score (nSPS) is 16.9. The zero-order valence-electron chi connectivity index (χ0n) is 17.9. The van der Waals surface area contributed by atoms with Crippen LogP contribution in [0.4, 0.5) is 0 Å².